The first kappa shape index (κ1) is 7.60. The first-order chi connectivity index (χ1) is 5.31. The van der Waals surface area contributed by atoms with E-state index in [1.165, 1.54) is 45.1 Å². The van der Waals surface area contributed by atoms with Crippen molar-refractivity contribution in [1.82, 2.24) is 5.32 Å². The van der Waals surface area contributed by atoms with E-state index >= 15 is 0 Å². The maximum atomic E-state index is 3.72. The van der Waals surface area contributed by atoms with Crippen LogP contribution in [0.2, 0.25) is 0 Å². The highest BCUT2D eigenvalue weighted by atomic mass is 15.0. The molecule has 1 heterocycles. The van der Waals surface area contributed by atoms with Gasteiger partial charge in [-0.3, -0.25) is 0 Å². The van der Waals surface area contributed by atoms with Crippen molar-refractivity contribution < 1.29 is 0 Å². The Morgan fingerprint density at radius 2 is 1.91 bits per heavy atom. The fourth-order valence-corrected chi connectivity index (χ4v) is 2.81. The van der Waals surface area contributed by atoms with Gasteiger partial charge in [-0.2, -0.15) is 0 Å². The molecule has 1 atom stereocenters. The zero-order valence-electron chi connectivity index (χ0n) is 7.53. The van der Waals surface area contributed by atoms with Crippen LogP contribution in [0.3, 0.4) is 0 Å². The van der Waals surface area contributed by atoms with Gasteiger partial charge in [-0.15, -0.1) is 0 Å². The molecule has 64 valence electrons. The minimum atomic E-state index is 0.595. The lowest BCUT2D eigenvalue weighted by Gasteiger charge is -2.33. The molecule has 0 aromatic rings. The van der Waals surface area contributed by atoms with Crippen molar-refractivity contribution in [3.05, 3.63) is 0 Å². The van der Waals surface area contributed by atoms with Gasteiger partial charge < -0.3 is 5.32 Å². The number of hydrogen-bond donors (Lipinski definition) is 1. The van der Waals surface area contributed by atoms with Crippen LogP contribution in [-0.4, -0.2) is 12.1 Å². The summed E-state index contributed by atoms with van der Waals surface area (Å²) >= 11 is 0. The molecule has 1 aliphatic heterocycles. The lowest BCUT2D eigenvalue weighted by atomic mass is 9.79. The summed E-state index contributed by atoms with van der Waals surface area (Å²) in [6, 6.07) is 0. The molecule has 0 aromatic heterocycles. The van der Waals surface area contributed by atoms with Crippen molar-refractivity contribution in [3.8, 4) is 0 Å². The van der Waals surface area contributed by atoms with Crippen LogP contribution in [0.5, 0.6) is 0 Å². The van der Waals surface area contributed by atoms with Gasteiger partial charge >= 0.3 is 0 Å². The van der Waals surface area contributed by atoms with Crippen LogP contribution in [0.15, 0.2) is 0 Å². The Morgan fingerprint density at radius 1 is 1.18 bits per heavy atom. The predicted octanol–water partition coefficient (Wildman–Crippen LogP) is 2.32. The largest absolute Gasteiger partial charge is 0.311 e. The smallest absolute Gasteiger partial charge is 0.0184 e. The first-order valence-corrected chi connectivity index (χ1v) is 5.06. The number of nitrogens with one attached hydrogen (secondary N) is 1. The number of hydrogen-bond acceptors (Lipinski definition) is 1. The van der Waals surface area contributed by atoms with Crippen molar-refractivity contribution in [2.45, 2.75) is 51.0 Å². The highest BCUT2D eigenvalue weighted by Gasteiger charge is 2.37. The summed E-state index contributed by atoms with van der Waals surface area (Å²) < 4.78 is 0. The molecule has 1 saturated heterocycles. The van der Waals surface area contributed by atoms with Crippen molar-refractivity contribution in [3.63, 3.8) is 0 Å². The molecule has 1 spiro atoms. The van der Waals surface area contributed by atoms with E-state index in [9.17, 15) is 0 Å². The topological polar surface area (TPSA) is 12.0 Å². The van der Waals surface area contributed by atoms with Gasteiger partial charge in [-0.05, 0) is 31.7 Å². The Morgan fingerprint density at radius 3 is 2.45 bits per heavy atom. The summed E-state index contributed by atoms with van der Waals surface area (Å²) in [5, 5.41) is 3.72. The molecule has 0 bridgehead atoms. The molecular formula is C10H19N. The Bertz CT molecular complexity index is 130. The lowest BCUT2D eigenvalue weighted by molar-refractivity contribution is 0.259. The van der Waals surface area contributed by atoms with Crippen LogP contribution >= 0.6 is 0 Å². The Labute approximate surface area is 69.6 Å². The van der Waals surface area contributed by atoms with E-state index in [0.29, 0.717) is 5.54 Å². The third-order valence-electron chi connectivity index (χ3n) is 3.38. The molecule has 1 aliphatic carbocycles. The summed E-state index contributed by atoms with van der Waals surface area (Å²) in [6.45, 7) is 3.64. The maximum absolute atomic E-state index is 3.72. The van der Waals surface area contributed by atoms with E-state index in [2.05, 4.69) is 12.2 Å². The molecule has 1 N–H and O–H groups in total. The summed E-state index contributed by atoms with van der Waals surface area (Å²) in [6.07, 6.45) is 8.71. The van der Waals surface area contributed by atoms with Crippen molar-refractivity contribution in [2.24, 2.45) is 5.92 Å². The highest BCUT2D eigenvalue weighted by Crippen LogP contribution is 2.36. The van der Waals surface area contributed by atoms with Crippen LogP contribution < -0.4 is 5.32 Å². The molecule has 0 aromatic carbocycles. The van der Waals surface area contributed by atoms with Crippen LogP contribution in [-0.2, 0) is 0 Å². The fraction of sp³-hybridized carbons (Fsp3) is 1.00. The normalized spacial score (nSPS) is 36.3. The van der Waals surface area contributed by atoms with Crippen LogP contribution in [0.1, 0.15) is 45.4 Å². The van der Waals surface area contributed by atoms with Crippen molar-refractivity contribution in [2.75, 3.05) is 6.54 Å². The molecule has 1 nitrogen and oxygen atoms in total. The van der Waals surface area contributed by atoms with E-state index in [1.807, 2.05) is 0 Å². The standard InChI is InChI=1S/C10H19N/c1-9-7-10(11-8-9)5-3-2-4-6-10/h9,11H,2-8H2,1H3. The van der Waals surface area contributed by atoms with E-state index in [-0.39, 0.29) is 0 Å². The van der Waals surface area contributed by atoms with Gasteiger partial charge in [0.15, 0.2) is 0 Å². The van der Waals surface area contributed by atoms with Crippen molar-refractivity contribution >= 4 is 0 Å². The molecule has 1 heteroatoms. The molecule has 1 saturated carbocycles. The van der Waals surface area contributed by atoms with Crippen LogP contribution in [0.25, 0.3) is 0 Å². The molecule has 0 radical (unpaired) electrons. The zero-order chi connectivity index (χ0) is 7.73. The monoisotopic (exact) mass is 153 g/mol. The van der Waals surface area contributed by atoms with E-state index in [4.69, 9.17) is 0 Å². The molecule has 2 rings (SSSR count). The minimum absolute atomic E-state index is 0.595. The Balaban J connectivity index is 1.98. The molecule has 1 unspecified atom stereocenters. The lowest BCUT2D eigenvalue weighted by Crippen LogP contribution is -2.41. The average molecular weight is 153 g/mol. The second-order valence-electron chi connectivity index (χ2n) is 4.53. The summed E-state index contributed by atoms with van der Waals surface area (Å²) in [7, 11) is 0. The third-order valence-corrected chi connectivity index (χ3v) is 3.38. The Kier molecular flexibility index (Phi) is 1.92. The molecule has 2 fully saturated rings. The van der Waals surface area contributed by atoms with Gasteiger partial charge in [0.05, 0.1) is 0 Å². The zero-order valence-corrected chi connectivity index (χ0v) is 7.53. The van der Waals surface area contributed by atoms with Gasteiger partial charge in [0.2, 0.25) is 0 Å². The minimum Gasteiger partial charge on any atom is -0.311 e. The maximum Gasteiger partial charge on any atom is 0.0184 e. The van der Waals surface area contributed by atoms with Crippen LogP contribution in [0.4, 0.5) is 0 Å². The van der Waals surface area contributed by atoms with Gasteiger partial charge in [0, 0.05) is 5.54 Å². The van der Waals surface area contributed by atoms with E-state index < -0.39 is 0 Å². The fourth-order valence-electron chi connectivity index (χ4n) is 2.81. The van der Waals surface area contributed by atoms with E-state index in [1.54, 1.807) is 0 Å². The predicted molar refractivity (Wildman–Crippen MR) is 47.6 cm³/mol. The first-order valence-electron chi connectivity index (χ1n) is 5.06. The second kappa shape index (κ2) is 2.78. The summed E-state index contributed by atoms with van der Waals surface area (Å²) in [5.41, 5.74) is 0.595. The molecular weight excluding hydrogens is 134 g/mol. The van der Waals surface area contributed by atoms with Gasteiger partial charge in [-0.1, -0.05) is 26.2 Å². The highest BCUT2D eigenvalue weighted by molar-refractivity contribution is 4.96. The van der Waals surface area contributed by atoms with Gasteiger partial charge in [-0.25, -0.2) is 0 Å². The summed E-state index contributed by atoms with van der Waals surface area (Å²) in [5.74, 6) is 0.924. The molecule has 0 amide bonds. The quantitative estimate of drug-likeness (QED) is 0.563. The average Bonchev–Trinajstić information content (AvgIpc) is 2.34. The van der Waals surface area contributed by atoms with Gasteiger partial charge in [0.25, 0.3) is 0 Å². The molecule has 2 aliphatic rings. The van der Waals surface area contributed by atoms with Crippen molar-refractivity contribution in [1.29, 1.82) is 0 Å². The Hall–Kier alpha value is -0.0400. The molecule has 11 heavy (non-hydrogen) atoms. The van der Waals surface area contributed by atoms with E-state index in [0.717, 1.165) is 5.92 Å². The summed E-state index contributed by atoms with van der Waals surface area (Å²) in [4.78, 5) is 0. The number of rotatable bonds is 0. The van der Waals surface area contributed by atoms with Crippen LogP contribution in [0, 0.1) is 5.92 Å². The third kappa shape index (κ3) is 1.44. The second-order valence-corrected chi connectivity index (χ2v) is 4.53. The van der Waals surface area contributed by atoms with Gasteiger partial charge in [0.1, 0.15) is 0 Å². The SMILES string of the molecule is CC1CNC2(CCCCC2)C1.